The van der Waals surface area contributed by atoms with Crippen molar-refractivity contribution in [3.8, 4) is 0 Å². The van der Waals surface area contributed by atoms with Crippen LogP contribution in [0.1, 0.15) is 16.6 Å². The van der Waals surface area contributed by atoms with Gasteiger partial charge in [-0.15, -0.1) is 0 Å². The van der Waals surface area contributed by atoms with E-state index in [1.54, 1.807) is 12.1 Å². The molecule has 1 fully saturated rings. The van der Waals surface area contributed by atoms with Gasteiger partial charge in [-0.3, -0.25) is 9.36 Å². The minimum atomic E-state index is -1.24. The normalized spacial score (nSPS) is 24.7. The van der Waals surface area contributed by atoms with E-state index in [2.05, 4.69) is 15.0 Å². The van der Waals surface area contributed by atoms with Gasteiger partial charge in [0.1, 0.15) is 35.2 Å². The van der Waals surface area contributed by atoms with Crippen molar-refractivity contribution < 1.29 is 24.9 Å². The average Bonchev–Trinajstić information content (AvgIpc) is 3.28. The van der Waals surface area contributed by atoms with E-state index >= 15 is 0 Å². The summed E-state index contributed by atoms with van der Waals surface area (Å²) >= 11 is 1.25. The van der Waals surface area contributed by atoms with E-state index in [9.17, 15) is 20.1 Å². The molecule has 1 aliphatic heterocycles. The molecule has 9 nitrogen and oxygen atoms in total. The van der Waals surface area contributed by atoms with Gasteiger partial charge < -0.3 is 20.1 Å². The number of hydrogen-bond donors (Lipinski definition) is 3. The third-order valence-corrected chi connectivity index (χ3v) is 5.53. The largest absolute Gasteiger partial charge is 0.394 e. The highest BCUT2D eigenvalue weighted by Gasteiger charge is 2.44. The quantitative estimate of drug-likeness (QED) is 0.305. The van der Waals surface area contributed by atoms with E-state index in [1.165, 1.54) is 29.0 Å². The molecule has 0 aliphatic carbocycles. The number of ether oxygens (including phenoxy) is 1. The molecule has 3 N–H and O–H groups in total. The lowest BCUT2D eigenvalue weighted by Gasteiger charge is -2.16. The number of carbonyl (C=O) groups is 1. The maximum Gasteiger partial charge on any atom is 0.173 e. The van der Waals surface area contributed by atoms with Crippen molar-refractivity contribution in [2.45, 2.75) is 29.6 Å². The number of aromatic nitrogens is 4. The number of ketones is 1. The molecule has 4 atom stereocenters. The minimum Gasteiger partial charge on any atom is -0.394 e. The first-order valence-electron chi connectivity index (χ1n) is 8.61. The van der Waals surface area contributed by atoms with Gasteiger partial charge in [0.05, 0.1) is 18.7 Å². The maximum absolute atomic E-state index is 12.3. The Kier molecular flexibility index (Phi) is 5.38. The van der Waals surface area contributed by atoms with Crippen LogP contribution in [-0.2, 0) is 4.74 Å². The highest BCUT2D eigenvalue weighted by atomic mass is 32.2. The van der Waals surface area contributed by atoms with E-state index in [-0.39, 0.29) is 11.5 Å². The molecule has 1 aromatic carbocycles. The van der Waals surface area contributed by atoms with Crippen LogP contribution >= 0.6 is 11.8 Å². The molecule has 0 unspecified atom stereocenters. The lowest BCUT2D eigenvalue weighted by molar-refractivity contribution is -0.0511. The topological polar surface area (TPSA) is 131 Å². The SMILES string of the molecule is O=C(CSc1ncnc2c1ncn2[C@@H]1O[C@H](CO)[C@@H](O)[C@H]1O)c1ccccc1. The van der Waals surface area contributed by atoms with E-state index < -0.39 is 31.1 Å². The van der Waals surface area contributed by atoms with Gasteiger partial charge in [-0.2, -0.15) is 0 Å². The third kappa shape index (κ3) is 3.40. The zero-order valence-electron chi connectivity index (χ0n) is 14.6. The molecule has 0 spiro atoms. The molecule has 1 aliphatic rings. The second-order valence-electron chi connectivity index (χ2n) is 6.31. The maximum atomic E-state index is 12.3. The van der Waals surface area contributed by atoms with Crippen LogP contribution in [0.2, 0.25) is 0 Å². The van der Waals surface area contributed by atoms with E-state index in [0.29, 0.717) is 21.8 Å². The summed E-state index contributed by atoms with van der Waals surface area (Å²) in [5, 5.41) is 30.0. The molecule has 2 aromatic heterocycles. The van der Waals surface area contributed by atoms with Gasteiger partial charge in [0.25, 0.3) is 0 Å². The lowest BCUT2D eigenvalue weighted by Crippen LogP contribution is -2.33. The van der Waals surface area contributed by atoms with Crippen LogP contribution < -0.4 is 0 Å². The van der Waals surface area contributed by atoms with E-state index in [4.69, 9.17) is 4.74 Å². The summed E-state index contributed by atoms with van der Waals surface area (Å²) in [5.74, 6) is 0.164. The molecule has 0 bridgehead atoms. The molecule has 28 heavy (non-hydrogen) atoms. The molecular weight excluding hydrogens is 384 g/mol. The fourth-order valence-electron chi connectivity index (χ4n) is 3.07. The van der Waals surface area contributed by atoms with Crippen molar-refractivity contribution in [3.05, 3.63) is 48.5 Å². The minimum absolute atomic E-state index is 0.0275. The summed E-state index contributed by atoms with van der Waals surface area (Å²) in [6, 6.07) is 8.99. The summed E-state index contributed by atoms with van der Waals surface area (Å²) in [6.45, 7) is -0.418. The van der Waals surface area contributed by atoms with Crippen molar-refractivity contribution in [2.24, 2.45) is 0 Å². The predicted molar refractivity (Wildman–Crippen MR) is 99.8 cm³/mol. The Morgan fingerprint density at radius 1 is 1.14 bits per heavy atom. The standard InChI is InChI=1S/C18H18N4O5S/c23-6-12-14(25)15(26)18(27-12)22-9-21-13-16(22)19-8-20-17(13)28-7-11(24)10-4-2-1-3-5-10/h1-5,8-9,12,14-15,18,23,25-26H,6-7H2/t12-,14-,15-,18-/m1/s1. The van der Waals surface area contributed by atoms with Crippen LogP contribution in [0.3, 0.4) is 0 Å². The number of aliphatic hydroxyl groups excluding tert-OH is 3. The van der Waals surface area contributed by atoms with Gasteiger partial charge in [-0.05, 0) is 0 Å². The molecule has 4 rings (SSSR count). The molecule has 10 heteroatoms. The fourth-order valence-corrected chi connectivity index (χ4v) is 3.91. The zero-order chi connectivity index (χ0) is 19.7. The number of aliphatic hydroxyl groups is 3. The van der Waals surface area contributed by atoms with Crippen LogP contribution in [0.25, 0.3) is 11.2 Å². The van der Waals surface area contributed by atoms with Gasteiger partial charge in [-0.1, -0.05) is 42.1 Å². The fraction of sp³-hybridized carbons (Fsp3) is 0.333. The highest BCUT2D eigenvalue weighted by molar-refractivity contribution is 8.00. The summed E-state index contributed by atoms with van der Waals surface area (Å²) in [7, 11) is 0. The molecule has 1 saturated heterocycles. The molecule has 3 heterocycles. The lowest BCUT2D eigenvalue weighted by atomic mass is 10.1. The van der Waals surface area contributed by atoms with Crippen molar-refractivity contribution in [3.63, 3.8) is 0 Å². The first-order chi connectivity index (χ1) is 13.6. The van der Waals surface area contributed by atoms with Crippen LogP contribution in [0.15, 0.2) is 48.0 Å². The first kappa shape index (κ1) is 19.0. The van der Waals surface area contributed by atoms with E-state index in [0.717, 1.165) is 0 Å². The number of benzene rings is 1. The van der Waals surface area contributed by atoms with Crippen molar-refractivity contribution in [1.82, 2.24) is 19.5 Å². The first-order valence-corrected chi connectivity index (χ1v) is 9.59. The number of hydrogen-bond acceptors (Lipinski definition) is 9. The number of imidazole rings is 1. The second-order valence-corrected chi connectivity index (χ2v) is 7.27. The van der Waals surface area contributed by atoms with Gasteiger partial charge in [0.15, 0.2) is 17.7 Å². The number of fused-ring (bicyclic) bond motifs is 1. The van der Waals surface area contributed by atoms with E-state index in [1.807, 2.05) is 18.2 Å². The van der Waals surface area contributed by atoms with Crippen LogP contribution in [-0.4, -0.2) is 71.3 Å². The van der Waals surface area contributed by atoms with Gasteiger partial charge in [-0.25, -0.2) is 15.0 Å². The number of rotatable bonds is 6. The van der Waals surface area contributed by atoms with Crippen molar-refractivity contribution in [2.75, 3.05) is 12.4 Å². The van der Waals surface area contributed by atoms with Crippen LogP contribution in [0.5, 0.6) is 0 Å². The molecule has 146 valence electrons. The Labute approximate surface area is 164 Å². The molecule has 0 saturated carbocycles. The Morgan fingerprint density at radius 2 is 1.93 bits per heavy atom. The smallest absolute Gasteiger partial charge is 0.173 e. The number of carbonyl (C=O) groups excluding carboxylic acids is 1. The third-order valence-electron chi connectivity index (χ3n) is 4.55. The predicted octanol–water partition coefficient (Wildman–Crippen LogP) is 0.413. The second kappa shape index (κ2) is 7.94. The zero-order valence-corrected chi connectivity index (χ0v) is 15.4. The number of Topliss-reactive ketones (excluding diaryl/α,β-unsaturated/α-hetero) is 1. The molecule has 0 amide bonds. The summed E-state index contributed by atoms with van der Waals surface area (Å²) in [6.07, 6.45) is -1.50. The Hall–Kier alpha value is -2.37. The monoisotopic (exact) mass is 402 g/mol. The molecule has 3 aromatic rings. The van der Waals surface area contributed by atoms with Crippen molar-refractivity contribution >= 4 is 28.7 Å². The summed E-state index contributed by atoms with van der Waals surface area (Å²) in [5.41, 5.74) is 1.49. The van der Waals surface area contributed by atoms with Gasteiger partial charge in [0, 0.05) is 5.56 Å². The molecule has 0 radical (unpaired) electrons. The Morgan fingerprint density at radius 3 is 2.64 bits per heavy atom. The average molecular weight is 402 g/mol. The Bertz CT molecular complexity index is 983. The molecular formula is C18H18N4O5S. The van der Waals surface area contributed by atoms with Gasteiger partial charge in [0.2, 0.25) is 0 Å². The summed E-state index contributed by atoms with van der Waals surface area (Å²) in [4.78, 5) is 25.0. The van der Waals surface area contributed by atoms with Crippen LogP contribution in [0.4, 0.5) is 0 Å². The van der Waals surface area contributed by atoms with Crippen molar-refractivity contribution in [1.29, 1.82) is 0 Å². The van der Waals surface area contributed by atoms with Gasteiger partial charge >= 0.3 is 0 Å². The number of thioether (sulfide) groups is 1. The van der Waals surface area contributed by atoms with Crippen LogP contribution in [0, 0.1) is 0 Å². The number of nitrogens with zero attached hydrogens (tertiary/aromatic N) is 4. The Balaban J connectivity index is 1.56. The highest BCUT2D eigenvalue weighted by Crippen LogP contribution is 2.32. The summed E-state index contributed by atoms with van der Waals surface area (Å²) < 4.78 is 7.02.